The Morgan fingerprint density at radius 2 is 2.03 bits per heavy atom. The van der Waals surface area contributed by atoms with Gasteiger partial charge in [-0.25, -0.2) is 9.38 Å². The lowest BCUT2D eigenvalue weighted by molar-refractivity contribution is -0.255. The number of carbonyl (C=O) groups is 2. The minimum Gasteiger partial charge on any atom is -0.545 e. The number of benzene rings is 2. The van der Waals surface area contributed by atoms with Gasteiger partial charge in [-0.2, -0.15) is 0 Å². The van der Waals surface area contributed by atoms with Gasteiger partial charge in [-0.3, -0.25) is 14.2 Å². The normalized spacial score (nSPS) is 16.6. The second-order valence-electron chi connectivity index (χ2n) is 6.78. The third kappa shape index (κ3) is 2.80. The first-order valence-corrected chi connectivity index (χ1v) is 9.70. The molecule has 0 saturated heterocycles. The summed E-state index contributed by atoms with van der Waals surface area (Å²) in [4.78, 5) is 43.2. The number of halogens is 1. The highest BCUT2D eigenvalue weighted by molar-refractivity contribution is 7.07. The summed E-state index contributed by atoms with van der Waals surface area (Å²) in [6.07, 6.45) is 0. The molecule has 0 aliphatic carbocycles. The van der Waals surface area contributed by atoms with Crippen LogP contribution in [0.2, 0.25) is 0 Å². The number of carbonyl (C=O) groups excluding carboxylic acids is 2. The number of nitrogens with zero attached hydrogens (tertiary/aromatic N) is 3. The number of rotatable bonds is 2. The van der Waals surface area contributed by atoms with Crippen LogP contribution in [-0.2, 0) is 11.5 Å². The van der Waals surface area contributed by atoms with Crippen molar-refractivity contribution >= 4 is 40.2 Å². The Morgan fingerprint density at radius 3 is 2.83 bits per heavy atom. The van der Waals surface area contributed by atoms with E-state index in [1.807, 2.05) is 0 Å². The average molecular weight is 423 g/mol. The van der Waals surface area contributed by atoms with Crippen molar-refractivity contribution < 1.29 is 19.1 Å². The molecule has 8 nitrogen and oxygen atoms in total. The number of carboxylic acids is 1. The highest BCUT2D eigenvalue weighted by atomic mass is 32.1. The Morgan fingerprint density at radius 1 is 1.20 bits per heavy atom. The SMILES string of the molecule is O=C1Nc2ccc(F)cc2/C1=c1/sc2n(c1=O)CN(c1cccc(C(=O)[O-])c1)CN=2. The number of anilines is 2. The van der Waals surface area contributed by atoms with E-state index < -0.39 is 23.3 Å². The van der Waals surface area contributed by atoms with Gasteiger partial charge in [0.1, 0.15) is 23.7 Å². The van der Waals surface area contributed by atoms with E-state index in [1.54, 1.807) is 17.0 Å². The van der Waals surface area contributed by atoms with Crippen LogP contribution in [0.15, 0.2) is 52.3 Å². The molecule has 10 heteroatoms. The van der Waals surface area contributed by atoms with E-state index in [1.165, 1.54) is 34.9 Å². The van der Waals surface area contributed by atoms with Crippen LogP contribution in [0, 0.1) is 5.82 Å². The molecule has 3 aromatic rings. The number of hydrogen-bond donors (Lipinski definition) is 1. The standard InChI is InChI=1S/C20H13FN4O4S/c21-11-4-5-14-13(7-11)15(17(26)23-14)16-18(27)25-9-24(8-22-20(25)30-16)12-3-1-2-10(6-12)19(28)29/h1-7H,8-9H2,(H,23,26)(H,28,29)/p-1/b16-15-. The van der Waals surface area contributed by atoms with Gasteiger partial charge in [-0.15, -0.1) is 0 Å². The molecule has 0 saturated carbocycles. The van der Waals surface area contributed by atoms with Crippen LogP contribution in [0.4, 0.5) is 15.8 Å². The zero-order valence-corrected chi connectivity index (χ0v) is 16.0. The number of aromatic carboxylic acids is 1. The largest absolute Gasteiger partial charge is 0.545 e. The summed E-state index contributed by atoms with van der Waals surface area (Å²) in [5, 5.41) is 13.8. The predicted molar refractivity (Wildman–Crippen MR) is 105 cm³/mol. The third-order valence-electron chi connectivity index (χ3n) is 4.95. The Balaban J connectivity index is 1.62. The smallest absolute Gasteiger partial charge is 0.272 e. The summed E-state index contributed by atoms with van der Waals surface area (Å²) in [6, 6.07) is 10.1. The second kappa shape index (κ2) is 6.63. The van der Waals surface area contributed by atoms with Gasteiger partial charge in [-0.05, 0) is 35.9 Å². The van der Waals surface area contributed by atoms with Gasteiger partial charge in [0.05, 0.1) is 11.5 Å². The van der Waals surface area contributed by atoms with Crippen molar-refractivity contribution in [2.75, 3.05) is 16.9 Å². The van der Waals surface area contributed by atoms with Gasteiger partial charge in [0.25, 0.3) is 11.5 Å². The number of aromatic nitrogens is 1. The van der Waals surface area contributed by atoms with Crippen LogP contribution < -0.4 is 30.2 Å². The monoisotopic (exact) mass is 423 g/mol. The number of thiazole rings is 1. The van der Waals surface area contributed by atoms with Gasteiger partial charge in [0.2, 0.25) is 0 Å². The zero-order valence-electron chi connectivity index (χ0n) is 15.2. The number of fused-ring (bicyclic) bond motifs is 2. The first-order chi connectivity index (χ1) is 14.4. The quantitative estimate of drug-likeness (QED) is 0.605. The van der Waals surface area contributed by atoms with E-state index in [0.29, 0.717) is 21.7 Å². The lowest BCUT2D eigenvalue weighted by Gasteiger charge is -2.26. The van der Waals surface area contributed by atoms with Crippen LogP contribution >= 0.6 is 11.3 Å². The average Bonchev–Trinajstić information content (AvgIpc) is 3.23. The van der Waals surface area contributed by atoms with E-state index in [2.05, 4.69) is 10.3 Å². The molecule has 1 aromatic heterocycles. The maximum atomic E-state index is 13.7. The molecule has 5 rings (SSSR count). The molecule has 0 spiro atoms. The number of carboxylic acid groups (broad SMARTS) is 1. The Bertz CT molecular complexity index is 1430. The molecule has 2 aromatic carbocycles. The highest BCUT2D eigenvalue weighted by Gasteiger charge is 2.28. The predicted octanol–water partition coefficient (Wildman–Crippen LogP) is -0.382. The van der Waals surface area contributed by atoms with E-state index >= 15 is 0 Å². The fraction of sp³-hybridized carbons (Fsp3) is 0.100. The van der Waals surface area contributed by atoms with Gasteiger partial charge >= 0.3 is 0 Å². The van der Waals surface area contributed by atoms with Gasteiger partial charge in [0.15, 0.2) is 4.80 Å². The third-order valence-corrected chi connectivity index (χ3v) is 6.07. The summed E-state index contributed by atoms with van der Waals surface area (Å²) in [7, 11) is 0. The first kappa shape index (κ1) is 18.3. The molecule has 2 aliphatic heterocycles. The molecule has 2 aliphatic rings. The Kier molecular flexibility index (Phi) is 4.03. The molecule has 0 radical (unpaired) electrons. The lowest BCUT2D eigenvalue weighted by atomic mass is 10.1. The fourth-order valence-electron chi connectivity index (χ4n) is 3.52. The lowest BCUT2D eigenvalue weighted by Crippen LogP contribution is -2.43. The topological polar surface area (TPSA) is 107 Å². The summed E-state index contributed by atoms with van der Waals surface area (Å²) in [5.74, 6) is -2.27. The van der Waals surface area contributed by atoms with Crippen LogP contribution in [0.25, 0.3) is 5.57 Å². The molecule has 3 heterocycles. The molecule has 30 heavy (non-hydrogen) atoms. The maximum absolute atomic E-state index is 13.7. The maximum Gasteiger partial charge on any atom is 0.272 e. The van der Waals surface area contributed by atoms with Crippen molar-refractivity contribution in [3.8, 4) is 0 Å². The van der Waals surface area contributed by atoms with E-state index in [0.717, 1.165) is 11.3 Å². The van der Waals surface area contributed by atoms with Gasteiger partial charge in [-0.1, -0.05) is 23.5 Å². The molecule has 1 N–H and O–H groups in total. The summed E-state index contributed by atoms with van der Waals surface area (Å²) < 4.78 is 15.3. The summed E-state index contributed by atoms with van der Waals surface area (Å²) in [5.41, 5.74) is 1.10. The molecule has 1 amide bonds. The van der Waals surface area contributed by atoms with Crippen LogP contribution in [-0.4, -0.2) is 23.1 Å². The van der Waals surface area contributed by atoms with Crippen LogP contribution in [0.5, 0.6) is 0 Å². The van der Waals surface area contributed by atoms with Gasteiger partial charge in [0, 0.05) is 16.9 Å². The highest BCUT2D eigenvalue weighted by Crippen LogP contribution is 2.30. The van der Waals surface area contributed by atoms with Crippen molar-refractivity contribution in [1.29, 1.82) is 0 Å². The van der Waals surface area contributed by atoms with Crippen molar-refractivity contribution in [2.45, 2.75) is 6.67 Å². The zero-order chi connectivity index (χ0) is 21.0. The molecule has 0 unspecified atom stereocenters. The second-order valence-corrected chi connectivity index (χ2v) is 7.76. The van der Waals surface area contributed by atoms with Gasteiger partial charge < -0.3 is 20.1 Å². The number of nitrogens with one attached hydrogen (secondary N) is 1. The molecule has 0 fully saturated rings. The minimum absolute atomic E-state index is 0.0217. The van der Waals surface area contributed by atoms with E-state index in [9.17, 15) is 23.9 Å². The number of hydrogen-bond acceptors (Lipinski definition) is 7. The van der Waals surface area contributed by atoms with Crippen molar-refractivity contribution in [1.82, 2.24) is 4.57 Å². The fourth-order valence-corrected chi connectivity index (χ4v) is 4.58. The number of amides is 1. The summed E-state index contributed by atoms with van der Waals surface area (Å²) in [6.45, 7) is 0.345. The Labute approximate surface area is 171 Å². The van der Waals surface area contributed by atoms with E-state index in [-0.39, 0.29) is 29.0 Å². The molecular weight excluding hydrogens is 411 g/mol. The Hall–Kier alpha value is -3.79. The first-order valence-electron chi connectivity index (χ1n) is 8.88. The van der Waals surface area contributed by atoms with Crippen molar-refractivity contribution in [3.63, 3.8) is 0 Å². The van der Waals surface area contributed by atoms with Crippen LogP contribution in [0.1, 0.15) is 15.9 Å². The molecule has 150 valence electrons. The molecule has 0 bridgehead atoms. The molecule has 0 atom stereocenters. The molecular formula is C20H12FN4O4S-. The summed E-state index contributed by atoms with van der Waals surface area (Å²) >= 11 is 1.07. The minimum atomic E-state index is -1.30. The van der Waals surface area contributed by atoms with Crippen molar-refractivity contribution in [3.05, 3.63) is 79.1 Å². The van der Waals surface area contributed by atoms with E-state index in [4.69, 9.17) is 0 Å². The van der Waals surface area contributed by atoms with Crippen molar-refractivity contribution in [2.24, 2.45) is 4.99 Å². The van der Waals surface area contributed by atoms with Crippen LogP contribution in [0.3, 0.4) is 0 Å².